The molecule has 0 unspecified atom stereocenters. The monoisotopic (exact) mass is 593 g/mol. The van der Waals surface area contributed by atoms with E-state index in [1.165, 1.54) is 53.1 Å². The summed E-state index contributed by atoms with van der Waals surface area (Å²) in [5, 5.41) is 11.4. The number of fused-ring (bicyclic) bond motifs is 1. The van der Waals surface area contributed by atoms with Crippen molar-refractivity contribution in [2.75, 3.05) is 12.4 Å². The van der Waals surface area contributed by atoms with E-state index in [1.807, 2.05) is 0 Å². The highest BCUT2D eigenvalue weighted by molar-refractivity contribution is 7.99. The third-order valence-corrected chi connectivity index (χ3v) is 6.88. The molecule has 2 aromatic carbocycles. The molecule has 5 rings (SSSR count). The number of carbonyl (C=O) groups is 3. The largest absolute Gasteiger partial charge is 0.468 e. The Bertz CT molecular complexity index is 1810. The van der Waals surface area contributed by atoms with Gasteiger partial charge in [-0.15, -0.1) is 0 Å². The lowest BCUT2D eigenvalue weighted by Gasteiger charge is -2.11. The first-order valence-corrected chi connectivity index (χ1v) is 12.9. The average molecular weight is 594 g/mol. The maximum Gasteiger partial charge on any atom is 0.387 e. The Morgan fingerprint density at radius 2 is 1.95 bits per heavy atom. The van der Waals surface area contributed by atoms with E-state index in [0.29, 0.717) is 26.7 Å². The standard InChI is InChI=1S/C27H21F2N7O5S/c1-40-22(37)14-35-13-20(33-26(39)19-12-32-36-9-3-8-31-25(19)36)23(34-35)15-4-2-5-17(10-15)42-21-11-16(41-27(28)29)6-7-18(21)24(30)38/h2-13,27H,14H2,1H3,(H2,30,38)(H,33,39). The number of aromatic nitrogens is 5. The first-order chi connectivity index (χ1) is 20.2. The van der Waals surface area contributed by atoms with Gasteiger partial charge >= 0.3 is 12.6 Å². The Hall–Kier alpha value is -5.31. The normalized spacial score (nSPS) is 11.0. The van der Waals surface area contributed by atoms with Crippen LogP contribution in [-0.2, 0) is 16.1 Å². The Kier molecular flexibility index (Phi) is 8.10. The summed E-state index contributed by atoms with van der Waals surface area (Å²) in [5.74, 6) is -1.94. The van der Waals surface area contributed by atoms with Gasteiger partial charge in [0.25, 0.3) is 5.91 Å². The fourth-order valence-electron chi connectivity index (χ4n) is 3.98. The van der Waals surface area contributed by atoms with Crippen molar-refractivity contribution in [3.63, 3.8) is 0 Å². The van der Waals surface area contributed by atoms with Crippen LogP contribution < -0.4 is 15.8 Å². The number of hydrogen-bond acceptors (Lipinski definition) is 9. The number of hydrogen-bond donors (Lipinski definition) is 2. The van der Waals surface area contributed by atoms with E-state index in [0.717, 1.165) is 11.8 Å². The molecule has 0 saturated carbocycles. The quantitative estimate of drug-likeness (QED) is 0.230. The molecule has 3 aromatic heterocycles. The number of ether oxygens (including phenoxy) is 2. The van der Waals surface area contributed by atoms with E-state index in [-0.39, 0.29) is 29.1 Å². The smallest absolute Gasteiger partial charge is 0.387 e. The van der Waals surface area contributed by atoms with Crippen molar-refractivity contribution in [2.45, 2.75) is 22.9 Å². The zero-order chi connectivity index (χ0) is 29.8. The first kappa shape index (κ1) is 28.2. The summed E-state index contributed by atoms with van der Waals surface area (Å²) < 4.78 is 37.6. The minimum Gasteiger partial charge on any atom is -0.468 e. The van der Waals surface area contributed by atoms with Crippen molar-refractivity contribution in [2.24, 2.45) is 5.73 Å². The molecule has 3 N–H and O–H groups in total. The second-order valence-electron chi connectivity index (χ2n) is 8.60. The van der Waals surface area contributed by atoms with Crippen LogP contribution in [0.1, 0.15) is 20.7 Å². The molecular formula is C27H21F2N7O5S. The topological polar surface area (TPSA) is 156 Å². The van der Waals surface area contributed by atoms with E-state index in [1.54, 1.807) is 36.5 Å². The number of nitrogens with two attached hydrogens (primary N) is 1. The molecule has 3 heterocycles. The van der Waals surface area contributed by atoms with Crippen LogP contribution in [0.15, 0.2) is 83.1 Å². The molecule has 2 amide bonds. The SMILES string of the molecule is COC(=O)Cn1cc(NC(=O)c2cnn3cccnc23)c(-c2cccc(Sc3cc(OC(F)F)ccc3C(N)=O)c2)n1. The maximum absolute atomic E-state index is 13.2. The molecule has 0 saturated heterocycles. The number of nitrogens with zero attached hydrogens (tertiary/aromatic N) is 5. The molecule has 0 fully saturated rings. The highest BCUT2D eigenvalue weighted by Gasteiger charge is 2.20. The third-order valence-electron chi connectivity index (χ3n) is 5.83. The van der Waals surface area contributed by atoms with Gasteiger partial charge in [-0.3, -0.25) is 19.1 Å². The van der Waals surface area contributed by atoms with Gasteiger partial charge in [0.15, 0.2) is 5.65 Å². The van der Waals surface area contributed by atoms with Gasteiger partial charge in [0.1, 0.15) is 23.6 Å². The average Bonchev–Trinajstić information content (AvgIpc) is 3.57. The molecule has 0 bridgehead atoms. The highest BCUT2D eigenvalue weighted by atomic mass is 32.2. The number of benzene rings is 2. The Morgan fingerprint density at radius 3 is 2.71 bits per heavy atom. The number of methoxy groups -OCH3 is 1. The van der Waals surface area contributed by atoms with E-state index in [4.69, 9.17) is 10.5 Å². The zero-order valence-corrected chi connectivity index (χ0v) is 22.5. The van der Waals surface area contributed by atoms with Crippen LogP contribution in [0.25, 0.3) is 16.9 Å². The first-order valence-electron chi connectivity index (χ1n) is 12.1. The molecule has 214 valence electrons. The van der Waals surface area contributed by atoms with Gasteiger partial charge in [0.2, 0.25) is 5.91 Å². The minimum atomic E-state index is -3.05. The Labute approximate surface area is 240 Å². The molecule has 0 aliphatic heterocycles. The number of rotatable bonds is 10. The van der Waals surface area contributed by atoms with Gasteiger partial charge in [-0.25, -0.2) is 9.50 Å². The molecule has 15 heteroatoms. The minimum absolute atomic E-state index is 0.115. The van der Waals surface area contributed by atoms with Crippen LogP contribution in [0.4, 0.5) is 14.5 Å². The van der Waals surface area contributed by atoms with Gasteiger partial charge in [-0.1, -0.05) is 23.9 Å². The molecule has 0 spiro atoms. The molecule has 0 atom stereocenters. The van der Waals surface area contributed by atoms with Crippen molar-refractivity contribution < 1.29 is 32.6 Å². The van der Waals surface area contributed by atoms with Crippen LogP contribution >= 0.6 is 11.8 Å². The predicted molar refractivity (Wildman–Crippen MR) is 146 cm³/mol. The van der Waals surface area contributed by atoms with E-state index in [2.05, 4.69) is 25.2 Å². The van der Waals surface area contributed by atoms with Gasteiger partial charge < -0.3 is 20.5 Å². The molecule has 5 aromatic rings. The zero-order valence-electron chi connectivity index (χ0n) is 21.7. The third kappa shape index (κ3) is 6.20. The number of nitrogens with one attached hydrogen (secondary N) is 1. The van der Waals surface area contributed by atoms with Crippen molar-refractivity contribution in [3.05, 3.63) is 84.4 Å². The number of amides is 2. The summed E-state index contributed by atoms with van der Waals surface area (Å²) in [5.41, 5.74) is 7.32. The summed E-state index contributed by atoms with van der Waals surface area (Å²) in [6.45, 7) is -3.26. The van der Waals surface area contributed by atoms with Crippen molar-refractivity contribution in [1.29, 1.82) is 0 Å². The number of primary amides is 1. The lowest BCUT2D eigenvalue weighted by atomic mass is 10.1. The molecule has 0 aliphatic carbocycles. The van der Waals surface area contributed by atoms with Gasteiger partial charge in [-0.05, 0) is 36.4 Å². The van der Waals surface area contributed by atoms with Crippen LogP contribution in [-0.4, -0.2) is 55.9 Å². The fourth-order valence-corrected chi connectivity index (χ4v) is 5.02. The molecular weight excluding hydrogens is 572 g/mol. The van der Waals surface area contributed by atoms with Gasteiger partial charge in [-0.2, -0.15) is 19.0 Å². The van der Waals surface area contributed by atoms with E-state index in [9.17, 15) is 23.2 Å². The van der Waals surface area contributed by atoms with Crippen LogP contribution in [0.3, 0.4) is 0 Å². The summed E-state index contributed by atoms with van der Waals surface area (Å²) in [6, 6.07) is 12.4. The number of halogens is 2. The maximum atomic E-state index is 13.2. The van der Waals surface area contributed by atoms with Crippen molar-refractivity contribution in [3.8, 4) is 17.0 Å². The number of anilines is 1. The molecule has 0 radical (unpaired) electrons. The van der Waals surface area contributed by atoms with Gasteiger partial charge in [0.05, 0.1) is 24.6 Å². The molecule has 42 heavy (non-hydrogen) atoms. The highest BCUT2D eigenvalue weighted by Crippen LogP contribution is 2.36. The van der Waals surface area contributed by atoms with Crippen LogP contribution in [0, 0.1) is 0 Å². The van der Waals surface area contributed by atoms with Gasteiger partial charge in [0, 0.05) is 33.9 Å². The lowest BCUT2D eigenvalue weighted by molar-refractivity contribution is -0.141. The number of carbonyl (C=O) groups excluding carboxylic acids is 3. The van der Waals surface area contributed by atoms with Crippen LogP contribution in [0.2, 0.25) is 0 Å². The number of esters is 1. The van der Waals surface area contributed by atoms with Crippen molar-refractivity contribution in [1.82, 2.24) is 24.4 Å². The Morgan fingerprint density at radius 1 is 1.12 bits per heavy atom. The summed E-state index contributed by atoms with van der Waals surface area (Å²) in [4.78, 5) is 42.3. The Balaban J connectivity index is 1.49. The molecule has 0 aliphatic rings. The summed E-state index contributed by atoms with van der Waals surface area (Å²) in [7, 11) is 1.25. The van der Waals surface area contributed by atoms with Crippen LogP contribution in [0.5, 0.6) is 5.75 Å². The van der Waals surface area contributed by atoms with Crippen molar-refractivity contribution >= 4 is 40.9 Å². The summed E-state index contributed by atoms with van der Waals surface area (Å²) in [6.07, 6.45) is 6.06. The predicted octanol–water partition coefficient (Wildman–Crippen LogP) is 3.87. The molecule has 12 nitrogen and oxygen atoms in total. The fraction of sp³-hybridized carbons (Fsp3) is 0.111. The van der Waals surface area contributed by atoms with E-state index >= 15 is 0 Å². The second-order valence-corrected chi connectivity index (χ2v) is 9.71. The second kappa shape index (κ2) is 12.1. The van der Waals surface area contributed by atoms with E-state index < -0.39 is 24.4 Å². The summed E-state index contributed by atoms with van der Waals surface area (Å²) >= 11 is 1.09. The number of alkyl halides is 2. The lowest BCUT2D eigenvalue weighted by Crippen LogP contribution is -2.13.